The van der Waals surface area contributed by atoms with Gasteiger partial charge in [-0.15, -0.1) is 10.2 Å². The molecule has 0 atom stereocenters. The molecular weight excluding hydrogens is 234 g/mol. The van der Waals surface area contributed by atoms with E-state index in [2.05, 4.69) is 36.1 Å². The molecule has 0 unspecified atom stereocenters. The van der Waals surface area contributed by atoms with E-state index in [9.17, 15) is 0 Å². The highest BCUT2D eigenvalue weighted by molar-refractivity contribution is 5.90. The van der Waals surface area contributed by atoms with E-state index in [-0.39, 0.29) is 5.82 Å². The maximum Gasteiger partial charge on any atom is 0.179 e. The Bertz CT molecular complexity index is 646. The Morgan fingerprint density at radius 1 is 0.944 bits per heavy atom. The highest BCUT2D eigenvalue weighted by Gasteiger charge is 2.04. The fourth-order valence-electron chi connectivity index (χ4n) is 1.42. The molecule has 0 saturated heterocycles. The summed E-state index contributed by atoms with van der Waals surface area (Å²) in [5.74, 6) is 0.253. The summed E-state index contributed by atoms with van der Waals surface area (Å²) in [6, 6.07) is 8.77. The topological polar surface area (TPSA) is 135 Å². The molecule has 1 heterocycles. The predicted octanol–water partition coefficient (Wildman–Crippen LogP) is 4.29. The van der Waals surface area contributed by atoms with Gasteiger partial charge in [0.2, 0.25) is 0 Å². The third kappa shape index (κ3) is 2.40. The van der Waals surface area contributed by atoms with Gasteiger partial charge in [0.25, 0.3) is 0 Å². The lowest BCUT2D eigenvalue weighted by atomic mass is 10.2. The maximum absolute atomic E-state index is 6.59. The Kier molecular flexibility index (Phi) is 3.45. The molecular formula is C9H7N9. The minimum atomic E-state index is 0.253. The second-order valence-electron chi connectivity index (χ2n) is 3.10. The highest BCUT2D eigenvalue weighted by atomic mass is 15.4. The number of nitrogens with one attached hydrogen (secondary N) is 2. The lowest BCUT2D eigenvalue weighted by Crippen LogP contribution is -1.79. The molecule has 0 fully saturated rings. The Morgan fingerprint density at radius 2 is 1.67 bits per heavy atom. The van der Waals surface area contributed by atoms with Crippen molar-refractivity contribution in [3.63, 3.8) is 0 Å². The fraction of sp³-hybridized carbons (Fsp3) is 0. The lowest BCUT2D eigenvalue weighted by Gasteiger charge is -2.00. The van der Waals surface area contributed by atoms with Crippen LogP contribution in [0.5, 0.6) is 0 Å². The molecule has 9 nitrogen and oxygen atoms in total. The van der Waals surface area contributed by atoms with Crippen molar-refractivity contribution in [2.24, 2.45) is 31.1 Å². The first-order valence-corrected chi connectivity index (χ1v) is 4.80. The molecule has 1 aromatic carbocycles. The van der Waals surface area contributed by atoms with Crippen LogP contribution in [0.4, 0.5) is 11.5 Å². The second kappa shape index (κ2) is 5.39. The number of fused-ring (bicyclic) bond motifs is 1. The molecule has 0 aliphatic carbocycles. The van der Waals surface area contributed by atoms with Crippen LogP contribution in [0.3, 0.4) is 0 Å². The summed E-state index contributed by atoms with van der Waals surface area (Å²) in [7, 11) is 0. The largest absolute Gasteiger partial charge is 0.227 e. The maximum atomic E-state index is 6.59. The standard InChI is InChI=1S/C9H7N9/c10-15-17-13-8-5-9(14-18-16-11)12-7-4-2-1-3-6(7)8/h1-5,10-11H. The van der Waals surface area contributed by atoms with Gasteiger partial charge in [-0.2, -0.15) is 11.1 Å². The van der Waals surface area contributed by atoms with Crippen molar-refractivity contribution >= 4 is 22.4 Å². The zero-order valence-electron chi connectivity index (χ0n) is 9.02. The number of hydrogen-bond acceptors (Lipinski definition) is 5. The van der Waals surface area contributed by atoms with Gasteiger partial charge in [0.15, 0.2) is 5.82 Å². The van der Waals surface area contributed by atoms with E-state index in [0.29, 0.717) is 11.2 Å². The summed E-state index contributed by atoms with van der Waals surface area (Å²) in [5.41, 5.74) is 14.2. The molecule has 88 valence electrons. The van der Waals surface area contributed by atoms with E-state index in [1.807, 2.05) is 18.2 Å². The minimum absolute atomic E-state index is 0.253. The third-order valence-electron chi connectivity index (χ3n) is 2.07. The van der Waals surface area contributed by atoms with Crippen molar-refractivity contribution < 1.29 is 0 Å². The van der Waals surface area contributed by atoms with Crippen molar-refractivity contribution in [1.82, 2.24) is 4.98 Å². The summed E-state index contributed by atoms with van der Waals surface area (Å²) in [5, 5.41) is 20.2. The zero-order valence-corrected chi connectivity index (χ0v) is 9.02. The Labute approximate surface area is 101 Å². The van der Waals surface area contributed by atoms with E-state index in [1.165, 1.54) is 6.07 Å². The molecule has 2 aromatic rings. The van der Waals surface area contributed by atoms with E-state index < -0.39 is 0 Å². The molecule has 0 radical (unpaired) electrons. The Balaban J connectivity index is 2.63. The van der Waals surface area contributed by atoms with Gasteiger partial charge in [0, 0.05) is 11.5 Å². The Hall–Kier alpha value is -2.97. The quantitative estimate of drug-likeness (QED) is 0.598. The van der Waals surface area contributed by atoms with Crippen molar-refractivity contribution in [2.45, 2.75) is 0 Å². The van der Waals surface area contributed by atoms with Crippen LogP contribution in [0.15, 0.2) is 61.5 Å². The van der Waals surface area contributed by atoms with Crippen molar-refractivity contribution in [1.29, 1.82) is 11.1 Å². The van der Waals surface area contributed by atoms with E-state index in [1.54, 1.807) is 6.07 Å². The number of benzene rings is 1. The van der Waals surface area contributed by atoms with Gasteiger partial charge in [0.05, 0.1) is 5.52 Å². The molecule has 1 aromatic heterocycles. The highest BCUT2D eigenvalue weighted by Crippen LogP contribution is 2.29. The average molecular weight is 241 g/mol. The summed E-state index contributed by atoms with van der Waals surface area (Å²) in [4.78, 5) is 4.20. The second-order valence-corrected chi connectivity index (χ2v) is 3.10. The summed E-state index contributed by atoms with van der Waals surface area (Å²) in [6.45, 7) is 0. The number of aromatic nitrogens is 1. The van der Waals surface area contributed by atoms with Gasteiger partial charge in [0.1, 0.15) is 5.69 Å². The smallest absolute Gasteiger partial charge is 0.179 e. The van der Waals surface area contributed by atoms with Crippen LogP contribution >= 0.6 is 0 Å². The van der Waals surface area contributed by atoms with Crippen LogP contribution in [-0.4, -0.2) is 4.98 Å². The molecule has 9 heteroatoms. The van der Waals surface area contributed by atoms with Gasteiger partial charge in [-0.1, -0.05) is 18.2 Å². The van der Waals surface area contributed by atoms with Crippen LogP contribution in [0.25, 0.3) is 10.9 Å². The summed E-state index contributed by atoms with van der Waals surface area (Å²) in [6.07, 6.45) is 0. The minimum Gasteiger partial charge on any atom is -0.227 e. The molecule has 0 spiro atoms. The number of rotatable bonds is 4. The zero-order chi connectivity index (χ0) is 12.8. The van der Waals surface area contributed by atoms with E-state index in [0.717, 1.165) is 5.39 Å². The van der Waals surface area contributed by atoms with Crippen molar-refractivity contribution in [3.05, 3.63) is 30.3 Å². The molecule has 0 amide bonds. The predicted molar refractivity (Wildman–Crippen MR) is 61.1 cm³/mol. The van der Waals surface area contributed by atoms with Gasteiger partial charge < -0.3 is 0 Å². The summed E-state index contributed by atoms with van der Waals surface area (Å²) < 4.78 is 0. The van der Waals surface area contributed by atoms with Crippen LogP contribution in [0.1, 0.15) is 0 Å². The number of nitrogens with zero attached hydrogens (tertiary/aromatic N) is 7. The van der Waals surface area contributed by atoms with Gasteiger partial charge in [-0.05, 0) is 27.0 Å². The first-order valence-electron chi connectivity index (χ1n) is 4.80. The van der Waals surface area contributed by atoms with Crippen LogP contribution in [-0.2, 0) is 0 Å². The molecule has 18 heavy (non-hydrogen) atoms. The number of pyridine rings is 1. The first-order chi connectivity index (χ1) is 8.85. The molecule has 2 rings (SSSR count). The van der Waals surface area contributed by atoms with Gasteiger partial charge in [-0.25, -0.2) is 4.98 Å². The van der Waals surface area contributed by atoms with Gasteiger partial charge in [-0.3, -0.25) is 0 Å². The molecule has 2 N–H and O–H groups in total. The van der Waals surface area contributed by atoms with Gasteiger partial charge >= 0.3 is 0 Å². The van der Waals surface area contributed by atoms with E-state index >= 15 is 0 Å². The normalized spacial score (nSPS) is 11.3. The van der Waals surface area contributed by atoms with Crippen LogP contribution in [0.2, 0.25) is 0 Å². The van der Waals surface area contributed by atoms with Crippen LogP contribution < -0.4 is 0 Å². The molecule has 0 saturated carbocycles. The average Bonchev–Trinajstić information content (AvgIpc) is 2.42. The monoisotopic (exact) mass is 241 g/mol. The molecule has 0 aliphatic rings. The summed E-state index contributed by atoms with van der Waals surface area (Å²) >= 11 is 0. The lowest BCUT2D eigenvalue weighted by molar-refractivity contribution is 0.899. The first kappa shape index (κ1) is 11.5. The third-order valence-corrected chi connectivity index (χ3v) is 2.07. The molecule has 0 aliphatic heterocycles. The van der Waals surface area contributed by atoms with Crippen LogP contribution in [0, 0.1) is 11.1 Å². The Morgan fingerprint density at radius 3 is 2.44 bits per heavy atom. The number of para-hydroxylation sites is 1. The SMILES string of the molecule is N=NN=Nc1cc(N=NN=N)c2ccccc2n1. The number of hydrogen-bond donors (Lipinski definition) is 2. The van der Waals surface area contributed by atoms with Crippen molar-refractivity contribution in [2.75, 3.05) is 0 Å². The van der Waals surface area contributed by atoms with E-state index in [4.69, 9.17) is 11.1 Å². The fourth-order valence-corrected chi connectivity index (χ4v) is 1.42. The molecule has 0 bridgehead atoms. The van der Waals surface area contributed by atoms with Crippen molar-refractivity contribution in [3.8, 4) is 0 Å².